The molecule has 0 bridgehead atoms. The molecule has 6 heteroatoms. The van der Waals surface area contributed by atoms with Gasteiger partial charge in [-0.15, -0.1) is 0 Å². The van der Waals surface area contributed by atoms with Crippen LogP contribution < -0.4 is 15.6 Å². The maximum Gasteiger partial charge on any atom is 0.276 e. The molecule has 0 atom stereocenters. The van der Waals surface area contributed by atoms with Crippen molar-refractivity contribution in [3.63, 3.8) is 0 Å². The molecule has 2 amide bonds. The minimum absolute atomic E-state index is 0.213. The van der Waals surface area contributed by atoms with Crippen LogP contribution in [0.5, 0.6) is 5.75 Å². The molecule has 0 aliphatic heterocycles. The van der Waals surface area contributed by atoms with Gasteiger partial charge in [0.25, 0.3) is 11.8 Å². The van der Waals surface area contributed by atoms with Gasteiger partial charge in [-0.1, -0.05) is 54.6 Å². The van der Waals surface area contributed by atoms with Crippen molar-refractivity contribution in [1.29, 1.82) is 0 Å². The Hall–Kier alpha value is -2.87. The normalized spacial score (nSPS) is 10.2. The van der Waals surface area contributed by atoms with E-state index < -0.39 is 5.91 Å². The minimum atomic E-state index is -0.446. The summed E-state index contributed by atoms with van der Waals surface area (Å²) in [5.74, 6) is -0.225. The number of amides is 2. The number of hydrogen-bond donors (Lipinski definition) is 2. The summed E-state index contributed by atoms with van der Waals surface area (Å²) >= 11 is 2.17. The molecular formula is C22H19IN2O3. The van der Waals surface area contributed by atoms with Crippen molar-refractivity contribution in [2.75, 3.05) is 6.61 Å². The van der Waals surface area contributed by atoms with E-state index in [4.69, 9.17) is 4.74 Å². The van der Waals surface area contributed by atoms with Crippen molar-refractivity contribution in [2.24, 2.45) is 0 Å². The molecule has 0 saturated heterocycles. The van der Waals surface area contributed by atoms with Crippen LogP contribution in [0.4, 0.5) is 0 Å². The first-order valence-electron chi connectivity index (χ1n) is 8.67. The average molecular weight is 486 g/mol. The van der Waals surface area contributed by atoms with Crippen LogP contribution in [0.15, 0.2) is 72.8 Å². The SMILES string of the molecule is Cc1ccc(C(=O)NNC(=O)COc2ccccc2-c2ccccc2)cc1I. The maximum absolute atomic E-state index is 12.2. The van der Waals surface area contributed by atoms with Crippen molar-refractivity contribution < 1.29 is 14.3 Å². The first-order chi connectivity index (χ1) is 13.5. The molecule has 0 saturated carbocycles. The Kier molecular flexibility index (Phi) is 6.65. The lowest BCUT2D eigenvalue weighted by molar-refractivity contribution is -0.123. The molecule has 3 aromatic rings. The molecule has 0 radical (unpaired) electrons. The second-order valence-electron chi connectivity index (χ2n) is 6.12. The van der Waals surface area contributed by atoms with E-state index in [-0.39, 0.29) is 12.5 Å². The number of benzene rings is 3. The Morgan fingerprint density at radius 2 is 1.64 bits per heavy atom. The third kappa shape index (κ3) is 5.10. The quantitative estimate of drug-likeness (QED) is 0.422. The zero-order chi connectivity index (χ0) is 19.9. The van der Waals surface area contributed by atoms with Crippen LogP contribution in [0, 0.1) is 10.5 Å². The van der Waals surface area contributed by atoms with E-state index in [2.05, 4.69) is 33.4 Å². The molecule has 0 unspecified atom stereocenters. The Bertz CT molecular complexity index is 990. The second kappa shape index (κ2) is 9.36. The van der Waals surface area contributed by atoms with Crippen LogP contribution in [0.3, 0.4) is 0 Å². The third-order valence-electron chi connectivity index (χ3n) is 4.08. The van der Waals surface area contributed by atoms with Crippen molar-refractivity contribution in [3.05, 3.63) is 87.5 Å². The van der Waals surface area contributed by atoms with Gasteiger partial charge in [-0.3, -0.25) is 20.4 Å². The molecule has 3 rings (SSSR count). The number of carbonyl (C=O) groups excluding carboxylic acids is 2. The highest BCUT2D eigenvalue weighted by Crippen LogP contribution is 2.29. The molecule has 0 aliphatic rings. The Morgan fingerprint density at radius 1 is 0.929 bits per heavy atom. The van der Waals surface area contributed by atoms with Gasteiger partial charge in [-0.2, -0.15) is 0 Å². The van der Waals surface area contributed by atoms with Crippen molar-refractivity contribution in [2.45, 2.75) is 6.92 Å². The minimum Gasteiger partial charge on any atom is -0.483 e. The van der Waals surface area contributed by atoms with E-state index in [1.807, 2.05) is 67.6 Å². The van der Waals surface area contributed by atoms with Gasteiger partial charge >= 0.3 is 0 Å². The van der Waals surface area contributed by atoms with Crippen molar-refractivity contribution in [1.82, 2.24) is 10.9 Å². The highest BCUT2D eigenvalue weighted by Gasteiger charge is 2.11. The molecule has 0 heterocycles. The lowest BCUT2D eigenvalue weighted by Crippen LogP contribution is -2.43. The number of carbonyl (C=O) groups is 2. The summed E-state index contributed by atoms with van der Waals surface area (Å²) in [5, 5.41) is 0. The number of para-hydroxylation sites is 1. The van der Waals surface area contributed by atoms with E-state index >= 15 is 0 Å². The second-order valence-corrected chi connectivity index (χ2v) is 7.28. The number of halogens is 1. The number of hydrazine groups is 1. The molecule has 0 fully saturated rings. The third-order valence-corrected chi connectivity index (χ3v) is 5.24. The summed E-state index contributed by atoms with van der Waals surface area (Å²) in [5.41, 5.74) is 8.25. The lowest BCUT2D eigenvalue weighted by Gasteiger charge is -2.12. The van der Waals surface area contributed by atoms with Gasteiger partial charge < -0.3 is 4.74 Å². The summed E-state index contributed by atoms with van der Waals surface area (Å²) < 4.78 is 6.65. The Labute approximate surface area is 177 Å². The van der Waals surface area contributed by atoms with Gasteiger partial charge in [-0.05, 0) is 58.8 Å². The van der Waals surface area contributed by atoms with E-state index in [0.29, 0.717) is 11.3 Å². The van der Waals surface area contributed by atoms with Crippen LogP contribution in [0.25, 0.3) is 11.1 Å². The van der Waals surface area contributed by atoms with Crippen LogP contribution in [0.2, 0.25) is 0 Å². The zero-order valence-electron chi connectivity index (χ0n) is 15.2. The molecule has 142 valence electrons. The molecular weight excluding hydrogens is 467 g/mol. The number of ether oxygens (including phenoxy) is 1. The zero-order valence-corrected chi connectivity index (χ0v) is 17.4. The maximum atomic E-state index is 12.2. The van der Waals surface area contributed by atoms with Crippen LogP contribution in [-0.2, 0) is 4.79 Å². The number of hydrogen-bond acceptors (Lipinski definition) is 3. The fourth-order valence-electron chi connectivity index (χ4n) is 2.56. The average Bonchev–Trinajstić information content (AvgIpc) is 2.73. The molecule has 5 nitrogen and oxygen atoms in total. The van der Waals surface area contributed by atoms with Crippen LogP contribution in [-0.4, -0.2) is 18.4 Å². The van der Waals surface area contributed by atoms with Gasteiger partial charge in [0, 0.05) is 14.7 Å². The fraction of sp³-hybridized carbons (Fsp3) is 0.0909. The van der Waals surface area contributed by atoms with Gasteiger partial charge in [0.1, 0.15) is 5.75 Å². The number of rotatable bonds is 5. The van der Waals surface area contributed by atoms with Gasteiger partial charge in [0.05, 0.1) is 0 Å². The first-order valence-corrected chi connectivity index (χ1v) is 9.75. The standard InChI is InChI=1S/C22H19IN2O3/c1-15-11-12-17(13-19(15)23)22(27)25-24-21(26)14-28-20-10-6-5-9-18(20)16-7-3-2-4-8-16/h2-13H,14H2,1H3,(H,24,26)(H,25,27). The molecule has 28 heavy (non-hydrogen) atoms. The first kappa shape index (κ1) is 19.9. The molecule has 0 spiro atoms. The largest absolute Gasteiger partial charge is 0.483 e. The molecule has 0 aliphatic carbocycles. The molecule has 2 N–H and O–H groups in total. The Morgan fingerprint density at radius 3 is 2.39 bits per heavy atom. The van der Waals surface area contributed by atoms with Gasteiger partial charge in [0.15, 0.2) is 6.61 Å². The van der Waals surface area contributed by atoms with E-state index in [0.717, 1.165) is 20.3 Å². The number of aryl methyl sites for hydroxylation is 1. The van der Waals surface area contributed by atoms with Crippen LogP contribution in [0.1, 0.15) is 15.9 Å². The van der Waals surface area contributed by atoms with E-state index in [1.165, 1.54) is 0 Å². The predicted octanol–water partition coefficient (Wildman–Crippen LogP) is 4.11. The molecule has 3 aromatic carbocycles. The summed E-state index contributed by atoms with van der Waals surface area (Å²) in [7, 11) is 0. The highest BCUT2D eigenvalue weighted by molar-refractivity contribution is 14.1. The summed E-state index contributed by atoms with van der Waals surface area (Å²) in [6.45, 7) is 1.76. The highest BCUT2D eigenvalue weighted by atomic mass is 127. The van der Waals surface area contributed by atoms with Crippen LogP contribution >= 0.6 is 22.6 Å². The van der Waals surface area contributed by atoms with E-state index in [9.17, 15) is 9.59 Å². The predicted molar refractivity (Wildman–Crippen MR) is 117 cm³/mol. The van der Waals surface area contributed by atoms with Gasteiger partial charge in [-0.25, -0.2) is 0 Å². The fourth-order valence-corrected chi connectivity index (χ4v) is 3.08. The van der Waals surface area contributed by atoms with E-state index in [1.54, 1.807) is 12.1 Å². The summed E-state index contributed by atoms with van der Waals surface area (Å²) in [6, 6.07) is 22.6. The lowest BCUT2D eigenvalue weighted by atomic mass is 10.1. The van der Waals surface area contributed by atoms with Gasteiger partial charge in [0.2, 0.25) is 0 Å². The summed E-state index contributed by atoms with van der Waals surface area (Å²) in [4.78, 5) is 24.2. The topological polar surface area (TPSA) is 67.4 Å². The molecule has 0 aromatic heterocycles. The summed E-state index contributed by atoms with van der Waals surface area (Å²) in [6.07, 6.45) is 0. The number of nitrogens with one attached hydrogen (secondary N) is 2. The van der Waals surface area contributed by atoms with Crippen molar-refractivity contribution >= 4 is 34.4 Å². The van der Waals surface area contributed by atoms with Crippen molar-refractivity contribution in [3.8, 4) is 16.9 Å². The smallest absolute Gasteiger partial charge is 0.276 e. The monoisotopic (exact) mass is 486 g/mol. The Balaban J connectivity index is 1.56.